The monoisotopic (exact) mass is 333 g/mol. The van der Waals surface area contributed by atoms with E-state index in [1.54, 1.807) is 11.4 Å². The fourth-order valence-electron chi connectivity index (χ4n) is 2.14. The first-order valence-corrected chi connectivity index (χ1v) is 9.81. The van der Waals surface area contributed by atoms with E-state index in [1.807, 2.05) is 6.92 Å². The van der Waals surface area contributed by atoms with Crippen LogP contribution in [0.15, 0.2) is 15.7 Å². The number of hydrogen-bond donors (Lipinski definition) is 2. The Morgan fingerprint density at radius 1 is 1.38 bits per heavy atom. The Hall–Kier alpha value is -0.470. The molecule has 21 heavy (non-hydrogen) atoms. The SMILES string of the molecule is CCN(CC)CCCC(C)NS(=O)(=O)c1cc(CN)cs1. The summed E-state index contributed by atoms with van der Waals surface area (Å²) in [6, 6.07) is 1.59. The van der Waals surface area contributed by atoms with Crippen molar-refractivity contribution in [2.24, 2.45) is 5.73 Å². The molecule has 7 heteroatoms. The lowest BCUT2D eigenvalue weighted by molar-refractivity contribution is 0.293. The van der Waals surface area contributed by atoms with Crippen molar-refractivity contribution >= 4 is 21.4 Å². The molecular weight excluding hydrogens is 306 g/mol. The first-order valence-electron chi connectivity index (χ1n) is 7.45. The van der Waals surface area contributed by atoms with Gasteiger partial charge in [0.15, 0.2) is 0 Å². The first-order chi connectivity index (χ1) is 9.92. The van der Waals surface area contributed by atoms with Crippen LogP contribution in [0.3, 0.4) is 0 Å². The van der Waals surface area contributed by atoms with E-state index in [-0.39, 0.29) is 6.04 Å². The molecule has 0 aromatic carbocycles. The van der Waals surface area contributed by atoms with Crippen molar-refractivity contribution in [2.45, 2.75) is 50.4 Å². The van der Waals surface area contributed by atoms with Crippen molar-refractivity contribution in [2.75, 3.05) is 19.6 Å². The Balaban J connectivity index is 2.47. The van der Waals surface area contributed by atoms with E-state index in [1.165, 1.54) is 11.3 Å². The summed E-state index contributed by atoms with van der Waals surface area (Å²) in [5.41, 5.74) is 6.37. The lowest BCUT2D eigenvalue weighted by Crippen LogP contribution is -2.33. The molecule has 1 unspecified atom stereocenters. The Morgan fingerprint density at radius 2 is 2.05 bits per heavy atom. The molecule has 1 aromatic heterocycles. The largest absolute Gasteiger partial charge is 0.326 e. The minimum absolute atomic E-state index is 0.0611. The molecule has 122 valence electrons. The molecule has 1 heterocycles. The van der Waals surface area contributed by atoms with Gasteiger partial charge in [0.25, 0.3) is 0 Å². The van der Waals surface area contributed by atoms with Gasteiger partial charge in [-0.15, -0.1) is 11.3 Å². The average molecular weight is 334 g/mol. The van der Waals surface area contributed by atoms with Crippen LogP contribution in [-0.2, 0) is 16.6 Å². The van der Waals surface area contributed by atoms with E-state index in [4.69, 9.17) is 5.73 Å². The van der Waals surface area contributed by atoms with Crippen LogP contribution in [0.5, 0.6) is 0 Å². The number of thiophene rings is 1. The van der Waals surface area contributed by atoms with Gasteiger partial charge in [0.05, 0.1) is 0 Å². The molecular formula is C14H27N3O2S2. The topological polar surface area (TPSA) is 75.4 Å². The molecule has 1 aromatic rings. The normalized spacial score (nSPS) is 13.8. The number of nitrogens with zero attached hydrogens (tertiary/aromatic N) is 1. The minimum Gasteiger partial charge on any atom is -0.326 e. The third-order valence-electron chi connectivity index (χ3n) is 3.49. The van der Waals surface area contributed by atoms with Crippen molar-refractivity contribution in [3.63, 3.8) is 0 Å². The number of nitrogens with two attached hydrogens (primary N) is 1. The molecule has 3 N–H and O–H groups in total. The molecule has 0 saturated heterocycles. The summed E-state index contributed by atoms with van der Waals surface area (Å²) in [7, 11) is -3.41. The summed E-state index contributed by atoms with van der Waals surface area (Å²) in [6.45, 7) is 9.64. The van der Waals surface area contributed by atoms with Gasteiger partial charge >= 0.3 is 0 Å². The molecule has 0 radical (unpaired) electrons. The Labute approximate surface area is 132 Å². The van der Waals surface area contributed by atoms with Crippen LogP contribution in [0.4, 0.5) is 0 Å². The van der Waals surface area contributed by atoms with Gasteiger partial charge in [0.1, 0.15) is 4.21 Å². The highest BCUT2D eigenvalue weighted by molar-refractivity contribution is 7.91. The summed E-state index contributed by atoms with van der Waals surface area (Å²) in [5.74, 6) is 0. The second-order valence-corrected chi connectivity index (χ2v) is 8.02. The number of rotatable bonds is 10. The van der Waals surface area contributed by atoms with E-state index < -0.39 is 10.0 Å². The Bertz CT molecular complexity index is 510. The zero-order chi connectivity index (χ0) is 15.9. The molecule has 5 nitrogen and oxygen atoms in total. The van der Waals surface area contributed by atoms with Crippen LogP contribution in [0.1, 0.15) is 39.2 Å². The maximum atomic E-state index is 12.2. The zero-order valence-electron chi connectivity index (χ0n) is 13.1. The van der Waals surface area contributed by atoms with Crippen LogP contribution in [0.25, 0.3) is 0 Å². The third-order valence-corrected chi connectivity index (χ3v) is 6.57. The average Bonchev–Trinajstić information content (AvgIpc) is 2.93. The van der Waals surface area contributed by atoms with Crippen LogP contribution in [0.2, 0.25) is 0 Å². The lowest BCUT2D eigenvalue weighted by atomic mass is 10.2. The number of sulfonamides is 1. The summed E-state index contributed by atoms with van der Waals surface area (Å²) in [4.78, 5) is 2.34. The third kappa shape index (κ3) is 6.04. The second kappa shape index (κ2) is 8.85. The van der Waals surface area contributed by atoms with E-state index in [0.717, 1.165) is 38.0 Å². The maximum absolute atomic E-state index is 12.2. The fourth-order valence-corrected chi connectivity index (χ4v) is 4.66. The van der Waals surface area contributed by atoms with Gasteiger partial charge in [0.2, 0.25) is 10.0 Å². The highest BCUT2D eigenvalue weighted by Crippen LogP contribution is 2.20. The molecule has 0 saturated carbocycles. The van der Waals surface area contributed by atoms with Crippen LogP contribution in [-0.4, -0.2) is 39.0 Å². The molecule has 0 amide bonds. The van der Waals surface area contributed by atoms with E-state index in [9.17, 15) is 8.42 Å². The Morgan fingerprint density at radius 3 is 2.57 bits per heavy atom. The van der Waals surface area contributed by atoms with E-state index in [2.05, 4.69) is 23.5 Å². The van der Waals surface area contributed by atoms with Crippen molar-refractivity contribution in [1.82, 2.24) is 9.62 Å². The van der Waals surface area contributed by atoms with E-state index in [0.29, 0.717) is 10.8 Å². The van der Waals surface area contributed by atoms with Gasteiger partial charge in [-0.05, 0) is 56.4 Å². The predicted molar refractivity (Wildman–Crippen MR) is 89.0 cm³/mol. The van der Waals surface area contributed by atoms with Crippen LogP contribution < -0.4 is 10.5 Å². The molecule has 1 atom stereocenters. The number of hydrogen-bond acceptors (Lipinski definition) is 5. The highest BCUT2D eigenvalue weighted by Gasteiger charge is 2.19. The van der Waals surface area contributed by atoms with Crippen molar-refractivity contribution in [1.29, 1.82) is 0 Å². The van der Waals surface area contributed by atoms with Crippen molar-refractivity contribution in [3.8, 4) is 0 Å². The summed E-state index contributed by atoms with van der Waals surface area (Å²) >= 11 is 1.22. The summed E-state index contributed by atoms with van der Waals surface area (Å²) < 4.78 is 27.5. The summed E-state index contributed by atoms with van der Waals surface area (Å²) in [6.07, 6.45) is 1.83. The standard InChI is InChI=1S/C14H27N3O2S2/c1-4-17(5-2)8-6-7-12(3)16-21(18,19)14-9-13(10-15)11-20-14/h9,11-12,16H,4-8,10,15H2,1-3H3. The molecule has 0 fully saturated rings. The van der Waals surface area contributed by atoms with Gasteiger partial charge in [-0.3, -0.25) is 0 Å². The Kier molecular flexibility index (Phi) is 7.83. The predicted octanol–water partition coefficient (Wildman–Crippen LogP) is 2.00. The van der Waals surface area contributed by atoms with Crippen LogP contribution >= 0.6 is 11.3 Å². The number of nitrogens with one attached hydrogen (secondary N) is 1. The molecule has 1 rings (SSSR count). The van der Waals surface area contributed by atoms with Gasteiger partial charge in [-0.1, -0.05) is 13.8 Å². The van der Waals surface area contributed by atoms with Crippen molar-refractivity contribution in [3.05, 3.63) is 17.0 Å². The molecule has 0 bridgehead atoms. The van der Waals surface area contributed by atoms with Gasteiger partial charge in [-0.2, -0.15) is 0 Å². The van der Waals surface area contributed by atoms with E-state index >= 15 is 0 Å². The zero-order valence-corrected chi connectivity index (χ0v) is 14.8. The molecule has 0 aliphatic rings. The lowest BCUT2D eigenvalue weighted by Gasteiger charge is -2.19. The van der Waals surface area contributed by atoms with Crippen molar-refractivity contribution < 1.29 is 8.42 Å². The van der Waals surface area contributed by atoms with Gasteiger partial charge in [-0.25, -0.2) is 13.1 Å². The first kappa shape index (κ1) is 18.6. The smallest absolute Gasteiger partial charge is 0.250 e. The van der Waals surface area contributed by atoms with Crippen LogP contribution in [0, 0.1) is 0 Å². The summed E-state index contributed by atoms with van der Waals surface area (Å²) in [5, 5.41) is 1.79. The molecule has 0 aliphatic carbocycles. The minimum atomic E-state index is -3.41. The maximum Gasteiger partial charge on any atom is 0.250 e. The highest BCUT2D eigenvalue weighted by atomic mass is 32.2. The van der Waals surface area contributed by atoms with Gasteiger partial charge in [0, 0.05) is 12.6 Å². The molecule has 0 aliphatic heterocycles. The quantitative estimate of drug-likeness (QED) is 0.687. The fraction of sp³-hybridized carbons (Fsp3) is 0.714. The molecule has 0 spiro atoms. The second-order valence-electron chi connectivity index (χ2n) is 5.17. The van der Waals surface area contributed by atoms with Gasteiger partial charge < -0.3 is 10.6 Å².